The van der Waals surface area contributed by atoms with Crippen molar-refractivity contribution in [3.8, 4) is 44.5 Å². The van der Waals surface area contributed by atoms with Crippen LogP contribution in [-0.2, 0) is 0 Å². The number of hydrogen-bond acceptors (Lipinski definition) is 0. The second-order valence-electron chi connectivity index (χ2n) is 13.2. The highest BCUT2D eigenvalue weighted by atomic mass is 14.2. The largest absolute Gasteiger partial charge is 0.0616 e. The Balaban J connectivity index is 1.18. The molecule has 0 heteroatoms. The maximum Gasteiger partial charge on any atom is -0.00141 e. The van der Waals surface area contributed by atoms with E-state index in [-0.39, 0.29) is 0 Å². The van der Waals surface area contributed by atoms with Gasteiger partial charge in [0.1, 0.15) is 0 Å². The molecule has 0 atom stereocenters. The van der Waals surface area contributed by atoms with Crippen molar-refractivity contribution in [3.63, 3.8) is 0 Å². The van der Waals surface area contributed by atoms with E-state index in [1.165, 1.54) is 98.4 Å². The third-order valence-electron chi connectivity index (χ3n) is 10.4. The van der Waals surface area contributed by atoms with E-state index in [2.05, 4.69) is 194 Å². The Hall–Kier alpha value is -6.50. The zero-order valence-corrected chi connectivity index (χ0v) is 27.5. The summed E-state index contributed by atoms with van der Waals surface area (Å²) in [6.07, 6.45) is 0. The molecule has 0 radical (unpaired) electrons. The minimum atomic E-state index is 1.22. The van der Waals surface area contributed by atoms with Crippen LogP contribution in [0.3, 0.4) is 0 Å². The molecule has 0 aliphatic heterocycles. The van der Waals surface area contributed by atoms with Gasteiger partial charge < -0.3 is 0 Å². The summed E-state index contributed by atoms with van der Waals surface area (Å²) < 4.78 is 0. The SMILES string of the molecule is c1ccc2cc(-c3ccc(-c4c5ccccc5c(-c5ccc(-c6cccc7ccccc67)cc5)c5ccc6ccccc6c45)cc3)ccc2c1. The summed E-state index contributed by atoms with van der Waals surface area (Å²) in [6.45, 7) is 0. The van der Waals surface area contributed by atoms with Gasteiger partial charge in [0.25, 0.3) is 0 Å². The molecular formula is C50H32. The van der Waals surface area contributed by atoms with Crippen LogP contribution in [0.25, 0.3) is 98.4 Å². The molecule has 0 saturated heterocycles. The van der Waals surface area contributed by atoms with Gasteiger partial charge in [0, 0.05) is 0 Å². The lowest BCUT2D eigenvalue weighted by molar-refractivity contribution is 1.62. The Morgan fingerprint density at radius 2 is 0.700 bits per heavy atom. The second kappa shape index (κ2) is 11.6. The van der Waals surface area contributed by atoms with Gasteiger partial charge in [-0.15, -0.1) is 0 Å². The third-order valence-corrected chi connectivity index (χ3v) is 10.4. The van der Waals surface area contributed by atoms with Crippen LogP contribution < -0.4 is 0 Å². The van der Waals surface area contributed by atoms with E-state index in [0.29, 0.717) is 0 Å². The van der Waals surface area contributed by atoms with Crippen LogP contribution in [-0.4, -0.2) is 0 Å². The van der Waals surface area contributed by atoms with Crippen molar-refractivity contribution >= 4 is 53.9 Å². The predicted molar refractivity (Wildman–Crippen MR) is 216 cm³/mol. The lowest BCUT2D eigenvalue weighted by atomic mass is 9.83. The summed E-state index contributed by atoms with van der Waals surface area (Å²) in [5.74, 6) is 0. The highest BCUT2D eigenvalue weighted by Crippen LogP contribution is 2.46. The first kappa shape index (κ1) is 28.5. The zero-order valence-electron chi connectivity index (χ0n) is 27.5. The summed E-state index contributed by atoms with van der Waals surface area (Å²) in [5.41, 5.74) is 9.97. The monoisotopic (exact) mass is 632 g/mol. The van der Waals surface area contributed by atoms with Crippen molar-refractivity contribution in [1.29, 1.82) is 0 Å². The lowest BCUT2D eigenvalue weighted by Gasteiger charge is -2.20. The van der Waals surface area contributed by atoms with Crippen molar-refractivity contribution in [2.24, 2.45) is 0 Å². The van der Waals surface area contributed by atoms with Gasteiger partial charge in [0.05, 0.1) is 0 Å². The van der Waals surface area contributed by atoms with E-state index in [9.17, 15) is 0 Å². The standard InChI is InChI=1S/C50H32/c1-2-13-40-32-41(29-22-33(40)10-1)34-20-25-39(26-21-34)49-46-18-8-7-17-45(46)48(47-31-30-36-12-4-6-16-44(36)50(47)49)38-27-23-37(24-28-38)43-19-9-14-35-11-3-5-15-42(35)43/h1-32H. The molecule has 0 amide bonds. The fraction of sp³-hybridized carbons (Fsp3) is 0. The smallest absolute Gasteiger partial charge is 0.00141 e. The summed E-state index contributed by atoms with van der Waals surface area (Å²) >= 11 is 0. The van der Waals surface area contributed by atoms with Gasteiger partial charge in [-0.25, -0.2) is 0 Å². The molecule has 0 bridgehead atoms. The first-order valence-electron chi connectivity index (χ1n) is 17.3. The highest BCUT2D eigenvalue weighted by molar-refractivity contribution is 6.28. The third kappa shape index (κ3) is 4.61. The van der Waals surface area contributed by atoms with Gasteiger partial charge in [-0.1, -0.05) is 188 Å². The highest BCUT2D eigenvalue weighted by Gasteiger charge is 2.19. The minimum absolute atomic E-state index is 1.22. The number of rotatable bonds is 4. The number of benzene rings is 10. The van der Waals surface area contributed by atoms with E-state index < -0.39 is 0 Å². The van der Waals surface area contributed by atoms with Gasteiger partial charge in [0.2, 0.25) is 0 Å². The topological polar surface area (TPSA) is 0 Å². The Morgan fingerprint density at radius 3 is 1.44 bits per heavy atom. The minimum Gasteiger partial charge on any atom is -0.0616 e. The van der Waals surface area contributed by atoms with Gasteiger partial charge in [-0.3, -0.25) is 0 Å². The summed E-state index contributed by atoms with van der Waals surface area (Å²) in [7, 11) is 0. The quantitative estimate of drug-likeness (QED) is 0.134. The Morgan fingerprint density at radius 1 is 0.220 bits per heavy atom. The summed E-state index contributed by atoms with van der Waals surface area (Å²) in [6, 6.07) is 71.3. The van der Waals surface area contributed by atoms with Gasteiger partial charge in [-0.05, 0) is 104 Å². The molecular weight excluding hydrogens is 601 g/mol. The fourth-order valence-corrected chi connectivity index (χ4v) is 8.05. The molecule has 0 aromatic heterocycles. The van der Waals surface area contributed by atoms with Gasteiger partial charge in [-0.2, -0.15) is 0 Å². The molecule has 0 heterocycles. The molecule has 0 nitrogen and oxygen atoms in total. The normalized spacial score (nSPS) is 11.6. The number of hydrogen-bond donors (Lipinski definition) is 0. The zero-order chi connectivity index (χ0) is 33.0. The Kier molecular flexibility index (Phi) is 6.60. The second-order valence-corrected chi connectivity index (χ2v) is 13.2. The van der Waals surface area contributed by atoms with Crippen molar-refractivity contribution in [2.75, 3.05) is 0 Å². The van der Waals surface area contributed by atoms with E-state index in [4.69, 9.17) is 0 Å². The van der Waals surface area contributed by atoms with Crippen LogP contribution in [0.1, 0.15) is 0 Å². The average molecular weight is 633 g/mol. The molecule has 0 aliphatic rings. The van der Waals surface area contributed by atoms with E-state index in [1.807, 2.05) is 0 Å². The van der Waals surface area contributed by atoms with Gasteiger partial charge >= 0.3 is 0 Å². The van der Waals surface area contributed by atoms with Crippen molar-refractivity contribution < 1.29 is 0 Å². The molecule has 10 aromatic carbocycles. The molecule has 0 aliphatic carbocycles. The maximum atomic E-state index is 2.34. The van der Waals surface area contributed by atoms with Gasteiger partial charge in [0.15, 0.2) is 0 Å². The summed E-state index contributed by atoms with van der Waals surface area (Å²) in [4.78, 5) is 0. The first-order valence-corrected chi connectivity index (χ1v) is 17.3. The van der Waals surface area contributed by atoms with Crippen molar-refractivity contribution in [3.05, 3.63) is 194 Å². The predicted octanol–water partition coefficient (Wildman–Crippen LogP) is 14.1. The van der Waals surface area contributed by atoms with Crippen LogP contribution in [0.2, 0.25) is 0 Å². The van der Waals surface area contributed by atoms with Crippen LogP contribution >= 0.6 is 0 Å². The van der Waals surface area contributed by atoms with Crippen molar-refractivity contribution in [1.82, 2.24) is 0 Å². The molecule has 10 rings (SSSR count). The first-order chi connectivity index (χ1) is 24.8. The molecule has 10 aromatic rings. The Labute approximate surface area is 291 Å². The summed E-state index contributed by atoms with van der Waals surface area (Å²) in [5, 5.41) is 12.7. The van der Waals surface area contributed by atoms with E-state index in [1.54, 1.807) is 0 Å². The van der Waals surface area contributed by atoms with Crippen molar-refractivity contribution in [2.45, 2.75) is 0 Å². The molecule has 0 N–H and O–H groups in total. The van der Waals surface area contributed by atoms with Crippen LogP contribution in [0.15, 0.2) is 194 Å². The molecule has 0 spiro atoms. The molecule has 0 unspecified atom stereocenters. The fourth-order valence-electron chi connectivity index (χ4n) is 8.05. The maximum absolute atomic E-state index is 2.34. The van der Waals surface area contributed by atoms with E-state index >= 15 is 0 Å². The van der Waals surface area contributed by atoms with Crippen LogP contribution in [0.4, 0.5) is 0 Å². The molecule has 0 fully saturated rings. The van der Waals surface area contributed by atoms with E-state index in [0.717, 1.165) is 0 Å². The number of fused-ring (bicyclic) bond motifs is 6. The van der Waals surface area contributed by atoms with Crippen LogP contribution in [0.5, 0.6) is 0 Å². The molecule has 232 valence electrons. The molecule has 0 saturated carbocycles. The average Bonchev–Trinajstić information content (AvgIpc) is 3.19. The van der Waals surface area contributed by atoms with Crippen LogP contribution in [0, 0.1) is 0 Å². The lowest BCUT2D eigenvalue weighted by Crippen LogP contribution is -1.92. The molecule has 50 heavy (non-hydrogen) atoms. The Bertz CT molecular complexity index is 2890.